The van der Waals surface area contributed by atoms with Crippen molar-refractivity contribution in [3.63, 3.8) is 0 Å². The summed E-state index contributed by atoms with van der Waals surface area (Å²) in [6.45, 7) is 1.93. The molecule has 4 aromatic rings. The van der Waals surface area contributed by atoms with Crippen LogP contribution >= 0.6 is 0 Å². The van der Waals surface area contributed by atoms with E-state index in [-0.39, 0.29) is 5.91 Å². The van der Waals surface area contributed by atoms with Gasteiger partial charge in [0.2, 0.25) is 0 Å². The molecule has 8 heteroatoms. The maximum Gasteiger partial charge on any atom is 0.261 e. The average molecular weight is 374 g/mol. The van der Waals surface area contributed by atoms with Crippen LogP contribution in [0.1, 0.15) is 41.1 Å². The Balaban J connectivity index is 1.47. The number of fused-ring (bicyclic) bond motifs is 1. The van der Waals surface area contributed by atoms with E-state index in [0.717, 1.165) is 36.2 Å². The summed E-state index contributed by atoms with van der Waals surface area (Å²) in [5.74, 6) is 0.734. The Labute approximate surface area is 160 Å². The molecule has 0 aliphatic heterocycles. The van der Waals surface area contributed by atoms with Crippen LogP contribution in [0, 0.1) is 6.92 Å². The SMILES string of the molecule is Cc1c(-c2nc(C3(NC(=O)c4ccccc4)CCC3)no2)cnc2ccnn12. The van der Waals surface area contributed by atoms with Crippen molar-refractivity contribution in [2.24, 2.45) is 0 Å². The van der Waals surface area contributed by atoms with Gasteiger partial charge in [0, 0.05) is 17.8 Å². The largest absolute Gasteiger partial charge is 0.339 e. The normalized spacial score (nSPS) is 15.3. The molecule has 1 amide bonds. The van der Waals surface area contributed by atoms with Crippen LogP contribution in [0.4, 0.5) is 0 Å². The van der Waals surface area contributed by atoms with E-state index in [1.54, 1.807) is 29.0 Å². The average Bonchev–Trinajstić information content (AvgIpc) is 3.35. The van der Waals surface area contributed by atoms with Gasteiger partial charge >= 0.3 is 0 Å². The summed E-state index contributed by atoms with van der Waals surface area (Å²) in [5, 5.41) is 11.6. The predicted octanol–water partition coefficient (Wildman–Crippen LogP) is 2.90. The van der Waals surface area contributed by atoms with E-state index in [1.807, 2.05) is 31.2 Å². The molecule has 8 nitrogen and oxygen atoms in total. The highest BCUT2D eigenvalue weighted by atomic mass is 16.5. The fourth-order valence-corrected chi connectivity index (χ4v) is 3.54. The highest BCUT2D eigenvalue weighted by molar-refractivity contribution is 5.94. The molecule has 140 valence electrons. The van der Waals surface area contributed by atoms with Crippen LogP contribution in [0.3, 0.4) is 0 Å². The van der Waals surface area contributed by atoms with Gasteiger partial charge in [-0.1, -0.05) is 23.4 Å². The molecule has 3 heterocycles. The first kappa shape index (κ1) is 16.6. The van der Waals surface area contributed by atoms with E-state index in [1.165, 1.54) is 0 Å². The Morgan fingerprint density at radius 1 is 1.21 bits per heavy atom. The molecule has 28 heavy (non-hydrogen) atoms. The quantitative estimate of drug-likeness (QED) is 0.590. The molecular formula is C20H18N6O2. The van der Waals surface area contributed by atoms with Crippen LogP contribution in [0.5, 0.6) is 0 Å². The molecular weight excluding hydrogens is 356 g/mol. The van der Waals surface area contributed by atoms with Gasteiger partial charge in [-0.25, -0.2) is 9.50 Å². The van der Waals surface area contributed by atoms with Crippen LogP contribution in [0.15, 0.2) is 53.3 Å². The molecule has 0 radical (unpaired) electrons. The third-order valence-electron chi connectivity index (χ3n) is 5.34. The minimum absolute atomic E-state index is 0.137. The molecule has 0 spiro atoms. The number of carbonyl (C=O) groups is 1. The number of benzene rings is 1. The second kappa shape index (κ2) is 6.26. The molecule has 0 saturated heterocycles. The van der Waals surface area contributed by atoms with Crippen molar-refractivity contribution in [2.75, 3.05) is 0 Å². The van der Waals surface area contributed by atoms with Gasteiger partial charge in [0.1, 0.15) is 5.54 Å². The first-order valence-electron chi connectivity index (χ1n) is 9.18. The monoisotopic (exact) mass is 374 g/mol. The molecule has 0 bridgehead atoms. The topological polar surface area (TPSA) is 98.2 Å². The first-order chi connectivity index (χ1) is 13.7. The number of nitrogens with zero attached hydrogens (tertiary/aromatic N) is 5. The minimum atomic E-state index is -0.591. The smallest absolute Gasteiger partial charge is 0.261 e. The summed E-state index contributed by atoms with van der Waals surface area (Å²) in [6, 6.07) is 11.0. The van der Waals surface area contributed by atoms with E-state index in [2.05, 4.69) is 25.5 Å². The van der Waals surface area contributed by atoms with Crippen LogP contribution in [0.2, 0.25) is 0 Å². The van der Waals surface area contributed by atoms with Gasteiger partial charge in [-0.2, -0.15) is 10.1 Å². The van der Waals surface area contributed by atoms with E-state index in [4.69, 9.17) is 4.52 Å². The van der Waals surface area contributed by atoms with Crippen molar-refractivity contribution in [3.05, 3.63) is 65.9 Å². The molecule has 3 aromatic heterocycles. The zero-order valence-corrected chi connectivity index (χ0v) is 15.3. The Hall–Kier alpha value is -3.55. The zero-order chi connectivity index (χ0) is 19.1. The lowest BCUT2D eigenvalue weighted by atomic mass is 9.76. The minimum Gasteiger partial charge on any atom is -0.339 e. The van der Waals surface area contributed by atoms with E-state index in [9.17, 15) is 4.79 Å². The summed E-state index contributed by atoms with van der Waals surface area (Å²) in [5.41, 5.74) is 2.36. The Morgan fingerprint density at radius 2 is 2.04 bits per heavy atom. The molecule has 1 aliphatic rings. The van der Waals surface area contributed by atoms with Crippen molar-refractivity contribution in [2.45, 2.75) is 31.7 Å². The maximum absolute atomic E-state index is 12.7. The van der Waals surface area contributed by atoms with Gasteiger partial charge in [0.15, 0.2) is 11.5 Å². The molecule has 1 N–H and O–H groups in total. The maximum atomic E-state index is 12.7. The summed E-state index contributed by atoms with van der Waals surface area (Å²) in [6.07, 6.45) is 5.96. The van der Waals surface area contributed by atoms with Gasteiger partial charge < -0.3 is 9.84 Å². The van der Waals surface area contributed by atoms with Crippen molar-refractivity contribution < 1.29 is 9.32 Å². The zero-order valence-electron chi connectivity index (χ0n) is 15.3. The van der Waals surface area contributed by atoms with Crippen LogP contribution in [0.25, 0.3) is 17.1 Å². The van der Waals surface area contributed by atoms with Crippen LogP contribution in [-0.2, 0) is 5.54 Å². The third kappa shape index (κ3) is 2.57. The fourth-order valence-electron chi connectivity index (χ4n) is 3.54. The van der Waals surface area contributed by atoms with Gasteiger partial charge in [-0.15, -0.1) is 0 Å². The lowest BCUT2D eigenvalue weighted by molar-refractivity contribution is 0.0805. The molecule has 1 saturated carbocycles. The van der Waals surface area contributed by atoms with Crippen molar-refractivity contribution in [3.8, 4) is 11.5 Å². The number of hydrogen-bond acceptors (Lipinski definition) is 6. The van der Waals surface area contributed by atoms with Gasteiger partial charge in [-0.3, -0.25) is 4.79 Å². The van der Waals surface area contributed by atoms with E-state index < -0.39 is 5.54 Å². The third-order valence-corrected chi connectivity index (χ3v) is 5.34. The highest BCUT2D eigenvalue weighted by Crippen LogP contribution is 2.40. The lowest BCUT2D eigenvalue weighted by Crippen LogP contribution is -2.51. The molecule has 0 atom stereocenters. The summed E-state index contributed by atoms with van der Waals surface area (Å²) >= 11 is 0. The molecule has 1 aromatic carbocycles. The number of amides is 1. The predicted molar refractivity (Wildman–Crippen MR) is 100 cm³/mol. The molecule has 1 aliphatic carbocycles. The van der Waals surface area contributed by atoms with Crippen LogP contribution in [-0.4, -0.2) is 30.6 Å². The second-order valence-corrected chi connectivity index (χ2v) is 7.04. The lowest BCUT2D eigenvalue weighted by Gasteiger charge is -2.39. The number of carbonyl (C=O) groups excluding carboxylic acids is 1. The second-order valence-electron chi connectivity index (χ2n) is 7.04. The number of aryl methyl sites for hydroxylation is 1. The number of nitrogens with one attached hydrogen (secondary N) is 1. The standard InChI is InChI=1S/C20H18N6O2/c1-13-15(12-21-16-8-11-22-26(13)16)18-23-19(25-28-18)20(9-5-10-20)24-17(27)14-6-3-2-4-7-14/h2-4,6-8,11-12H,5,9-10H2,1H3,(H,24,27). The Morgan fingerprint density at radius 3 is 2.79 bits per heavy atom. The number of aromatic nitrogens is 5. The van der Waals surface area contributed by atoms with E-state index in [0.29, 0.717) is 17.3 Å². The highest BCUT2D eigenvalue weighted by Gasteiger charge is 2.44. The fraction of sp³-hybridized carbons (Fsp3) is 0.250. The summed E-state index contributed by atoms with van der Waals surface area (Å²) < 4.78 is 7.26. The van der Waals surface area contributed by atoms with Gasteiger partial charge in [0.05, 0.1) is 17.5 Å². The number of rotatable bonds is 4. The first-order valence-corrected chi connectivity index (χ1v) is 9.18. The Bertz CT molecular complexity index is 1160. The van der Waals surface area contributed by atoms with Crippen LogP contribution < -0.4 is 5.32 Å². The number of hydrogen-bond donors (Lipinski definition) is 1. The molecule has 5 rings (SSSR count). The summed E-state index contributed by atoms with van der Waals surface area (Å²) in [7, 11) is 0. The Kier molecular flexibility index (Phi) is 3.71. The molecule has 0 unspecified atom stereocenters. The summed E-state index contributed by atoms with van der Waals surface area (Å²) in [4.78, 5) is 21.6. The van der Waals surface area contributed by atoms with Crippen molar-refractivity contribution in [1.29, 1.82) is 0 Å². The molecule has 1 fully saturated rings. The van der Waals surface area contributed by atoms with E-state index >= 15 is 0 Å². The van der Waals surface area contributed by atoms with Gasteiger partial charge in [-0.05, 0) is 38.3 Å². The van der Waals surface area contributed by atoms with Gasteiger partial charge in [0.25, 0.3) is 11.8 Å². The van der Waals surface area contributed by atoms with Crippen molar-refractivity contribution >= 4 is 11.6 Å². The van der Waals surface area contributed by atoms with Crippen molar-refractivity contribution in [1.82, 2.24) is 30.1 Å².